The first-order valence-corrected chi connectivity index (χ1v) is 5.73. The third-order valence-corrected chi connectivity index (χ3v) is 2.95. The van der Waals surface area contributed by atoms with Crippen LogP contribution in [0.15, 0.2) is 6.20 Å². The number of nitrogens with two attached hydrogens (primary N) is 1. The van der Waals surface area contributed by atoms with E-state index in [4.69, 9.17) is 17.3 Å². The van der Waals surface area contributed by atoms with Gasteiger partial charge in [-0.3, -0.25) is 0 Å². The first-order chi connectivity index (χ1) is 7.65. The Morgan fingerprint density at radius 3 is 3.06 bits per heavy atom. The minimum absolute atomic E-state index is 0.0454. The molecule has 1 aliphatic rings. The van der Waals surface area contributed by atoms with Crippen LogP contribution in [-0.2, 0) is 0 Å². The van der Waals surface area contributed by atoms with Crippen molar-refractivity contribution < 1.29 is 4.39 Å². The fourth-order valence-electron chi connectivity index (χ4n) is 2.00. The second-order valence-corrected chi connectivity index (χ2v) is 4.44. The summed E-state index contributed by atoms with van der Waals surface area (Å²) in [6, 6.07) is 0.357. The fraction of sp³-hybridized carbons (Fsp3) is 0.600. The molecule has 1 saturated carbocycles. The van der Waals surface area contributed by atoms with Gasteiger partial charge >= 0.3 is 0 Å². The zero-order valence-corrected chi connectivity index (χ0v) is 9.54. The predicted octanol–water partition coefficient (Wildman–Crippen LogP) is 1.95. The molecule has 88 valence electrons. The van der Waals surface area contributed by atoms with Gasteiger partial charge < -0.3 is 11.1 Å². The van der Waals surface area contributed by atoms with Gasteiger partial charge in [-0.2, -0.15) is 4.98 Å². The van der Waals surface area contributed by atoms with E-state index >= 15 is 0 Å². The number of nitrogens with zero attached hydrogens (tertiary/aromatic N) is 2. The summed E-state index contributed by atoms with van der Waals surface area (Å²) >= 11 is 5.61. The molecular formula is C10H14ClFN4. The van der Waals surface area contributed by atoms with Crippen LogP contribution in [0.1, 0.15) is 25.7 Å². The summed E-state index contributed by atoms with van der Waals surface area (Å²) in [6.07, 6.45) is 4.97. The lowest BCUT2D eigenvalue weighted by Gasteiger charge is -2.27. The van der Waals surface area contributed by atoms with Crippen LogP contribution in [0.2, 0.25) is 5.28 Å². The summed E-state index contributed by atoms with van der Waals surface area (Å²) < 4.78 is 13.3. The summed E-state index contributed by atoms with van der Waals surface area (Å²) in [4.78, 5) is 7.38. The van der Waals surface area contributed by atoms with Gasteiger partial charge in [-0.1, -0.05) is 0 Å². The van der Waals surface area contributed by atoms with Crippen molar-refractivity contribution in [1.82, 2.24) is 9.97 Å². The zero-order valence-electron chi connectivity index (χ0n) is 8.79. The Hall–Kier alpha value is -0.940. The van der Waals surface area contributed by atoms with Crippen molar-refractivity contribution in [2.45, 2.75) is 37.8 Å². The Kier molecular flexibility index (Phi) is 3.56. The minimum Gasteiger partial charge on any atom is -0.365 e. The summed E-state index contributed by atoms with van der Waals surface area (Å²) in [5, 5.41) is 3.08. The van der Waals surface area contributed by atoms with Gasteiger partial charge in [0.05, 0.1) is 6.20 Å². The monoisotopic (exact) mass is 244 g/mol. The number of hydrogen-bond donors (Lipinski definition) is 2. The highest BCUT2D eigenvalue weighted by Crippen LogP contribution is 2.21. The van der Waals surface area contributed by atoms with E-state index in [-0.39, 0.29) is 23.2 Å². The first-order valence-electron chi connectivity index (χ1n) is 5.35. The molecule has 2 rings (SSSR count). The Labute approximate surface area is 98.4 Å². The fourth-order valence-corrected chi connectivity index (χ4v) is 2.13. The molecule has 1 aliphatic carbocycles. The van der Waals surface area contributed by atoms with Crippen LogP contribution in [0, 0.1) is 5.82 Å². The molecule has 0 aliphatic heterocycles. The molecule has 4 nitrogen and oxygen atoms in total. The molecule has 6 heteroatoms. The van der Waals surface area contributed by atoms with Crippen LogP contribution < -0.4 is 11.1 Å². The van der Waals surface area contributed by atoms with Crippen LogP contribution in [-0.4, -0.2) is 22.1 Å². The predicted molar refractivity (Wildman–Crippen MR) is 60.9 cm³/mol. The van der Waals surface area contributed by atoms with Crippen molar-refractivity contribution in [3.05, 3.63) is 17.3 Å². The van der Waals surface area contributed by atoms with Crippen LogP contribution in [0.4, 0.5) is 10.2 Å². The number of rotatable bonds is 2. The Bertz CT molecular complexity index is 374. The maximum absolute atomic E-state index is 13.3. The van der Waals surface area contributed by atoms with Gasteiger partial charge in [-0.15, -0.1) is 0 Å². The van der Waals surface area contributed by atoms with Gasteiger partial charge in [0.2, 0.25) is 5.28 Å². The average molecular weight is 245 g/mol. The van der Waals surface area contributed by atoms with Crippen molar-refractivity contribution in [3.63, 3.8) is 0 Å². The number of hydrogen-bond acceptors (Lipinski definition) is 4. The van der Waals surface area contributed by atoms with E-state index in [2.05, 4.69) is 15.3 Å². The molecule has 0 bridgehead atoms. The molecule has 0 saturated heterocycles. The normalized spacial score (nSPS) is 25.4. The van der Waals surface area contributed by atoms with Crippen molar-refractivity contribution in [1.29, 1.82) is 0 Å². The molecule has 3 N–H and O–H groups in total. The van der Waals surface area contributed by atoms with E-state index < -0.39 is 5.82 Å². The van der Waals surface area contributed by atoms with Crippen molar-refractivity contribution in [3.8, 4) is 0 Å². The smallest absolute Gasteiger partial charge is 0.224 e. The van der Waals surface area contributed by atoms with E-state index in [0.29, 0.717) is 0 Å². The summed E-state index contributed by atoms with van der Waals surface area (Å²) in [6.45, 7) is 0. The number of anilines is 1. The summed E-state index contributed by atoms with van der Waals surface area (Å²) in [5.41, 5.74) is 5.85. The number of nitrogens with one attached hydrogen (secondary N) is 1. The van der Waals surface area contributed by atoms with Crippen LogP contribution in [0.3, 0.4) is 0 Å². The average Bonchev–Trinajstić information content (AvgIpc) is 2.24. The van der Waals surface area contributed by atoms with E-state index in [9.17, 15) is 4.39 Å². The molecule has 1 unspecified atom stereocenters. The molecule has 2 atom stereocenters. The Balaban J connectivity index is 2.05. The molecule has 16 heavy (non-hydrogen) atoms. The van der Waals surface area contributed by atoms with Gasteiger partial charge in [0.15, 0.2) is 11.6 Å². The van der Waals surface area contributed by atoms with E-state index in [1.807, 2.05) is 0 Å². The van der Waals surface area contributed by atoms with E-state index in [1.165, 1.54) is 0 Å². The van der Waals surface area contributed by atoms with Gasteiger partial charge in [0.1, 0.15) is 0 Å². The lowest BCUT2D eigenvalue weighted by molar-refractivity contribution is 0.407. The molecule has 0 aromatic carbocycles. The molecule has 1 aromatic heterocycles. The standard InChI is InChI=1S/C10H14ClFN4/c11-10-14-5-8(12)9(16-10)15-7-3-1-2-6(13)4-7/h5-7H,1-4,13H2,(H,14,15,16)/t6-,7?/m1/s1. The largest absolute Gasteiger partial charge is 0.365 e. The Morgan fingerprint density at radius 1 is 1.50 bits per heavy atom. The third-order valence-electron chi connectivity index (χ3n) is 2.77. The van der Waals surface area contributed by atoms with Crippen molar-refractivity contribution in [2.75, 3.05) is 5.32 Å². The van der Waals surface area contributed by atoms with E-state index in [1.54, 1.807) is 0 Å². The van der Waals surface area contributed by atoms with Gasteiger partial charge in [0, 0.05) is 12.1 Å². The number of halogens is 2. The highest BCUT2D eigenvalue weighted by Gasteiger charge is 2.20. The second kappa shape index (κ2) is 4.93. The summed E-state index contributed by atoms with van der Waals surface area (Å²) in [7, 11) is 0. The van der Waals surface area contributed by atoms with Gasteiger partial charge in [-0.25, -0.2) is 9.37 Å². The van der Waals surface area contributed by atoms with Crippen LogP contribution in [0.25, 0.3) is 0 Å². The molecule has 0 amide bonds. The Morgan fingerprint density at radius 2 is 2.31 bits per heavy atom. The highest BCUT2D eigenvalue weighted by molar-refractivity contribution is 6.28. The quantitative estimate of drug-likeness (QED) is 0.781. The molecule has 1 heterocycles. The molecule has 0 spiro atoms. The highest BCUT2D eigenvalue weighted by atomic mass is 35.5. The maximum atomic E-state index is 13.3. The maximum Gasteiger partial charge on any atom is 0.224 e. The second-order valence-electron chi connectivity index (χ2n) is 4.10. The molecule has 1 aromatic rings. The van der Waals surface area contributed by atoms with E-state index in [0.717, 1.165) is 31.9 Å². The third kappa shape index (κ3) is 2.80. The SMILES string of the molecule is N[C@@H]1CCCC(Nc2nc(Cl)ncc2F)C1. The van der Waals surface area contributed by atoms with Crippen molar-refractivity contribution in [2.24, 2.45) is 5.73 Å². The van der Waals surface area contributed by atoms with Crippen molar-refractivity contribution >= 4 is 17.4 Å². The lowest BCUT2D eigenvalue weighted by Crippen LogP contribution is -2.35. The lowest BCUT2D eigenvalue weighted by atomic mass is 9.92. The van der Waals surface area contributed by atoms with Gasteiger partial charge in [0.25, 0.3) is 0 Å². The zero-order chi connectivity index (χ0) is 11.5. The van der Waals surface area contributed by atoms with Crippen LogP contribution in [0.5, 0.6) is 0 Å². The molecular weight excluding hydrogens is 231 g/mol. The molecule has 1 fully saturated rings. The number of aromatic nitrogens is 2. The molecule has 0 radical (unpaired) electrons. The topological polar surface area (TPSA) is 63.8 Å². The first kappa shape index (κ1) is 11.5. The van der Waals surface area contributed by atoms with Gasteiger partial charge in [-0.05, 0) is 37.3 Å². The summed E-state index contributed by atoms with van der Waals surface area (Å²) in [5.74, 6) is -0.317. The minimum atomic E-state index is -0.483. The van der Waals surface area contributed by atoms with Crippen LogP contribution >= 0.6 is 11.6 Å².